The largest absolute Gasteiger partial charge is 0.486 e. The maximum absolute atomic E-state index is 5.20. The van der Waals surface area contributed by atoms with Crippen molar-refractivity contribution in [3.63, 3.8) is 0 Å². The first-order valence-corrected chi connectivity index (χ1v) is 5.13. The molecule has 0 saturated heterocycles. The van der Waals surface area contributed by atoms with Gasteiger partial charge >= 0.3 is 0 Å². The Morgan fingerprint density at radius 2 is 1.14 bits per heavy atom. The van der Waals surface area contributed by atoms with Crippen molar-refractivity contribution in [3.8, 4) is 0 Å². The summed E-state index contributed by atoms with van der Waals surface area (Å²) in [6.45, 7) is 16.3. The zero-order chi connectivity index (χ0) is 11.4. The van der Waals surface area contributed by atoms with Crippen molar-refractivity contribution in [2.45, 2.75) is 27.7 Å². The average molecular weight is 198 g/mol. The molecule has 1 heterocycles. The molecule has 0 amide bonds. The topological polar surface area (TPSA) is 18.5 Å². The molecule has 0 unspecified atom stereocenters. The molecule has 1 rings (SSSR count). The van der Waals surface area contributed by atoms with E-state index >= 15 is 0 Å². The van der Waals surface area contributed by atoms with E-state index in [9.17, 15) is 0 Å². The van der Waals surface area contributed by atoms with Crippen LogP contribution in [-0.4, -0.2) is 13.2 Å². The Labute approximate surface area is 87.9 Å². The second-order valence-corrected chi connectivity index (χ2v) is 1.83. The molecule has 2 nitrogen and oxygen atoms in total. The summed E-state index contributed by atoms with van der Waals surface area (Å²) in [4.78, 5) is 0. The van der Waals surface area contributed by atoms with Crippen molar-refractivity contribution in [1.29, 1.82) is 0 Å². The van der Waals surface area contributed by atoms with Crippen LogP contribution >= 0.6 is 0 Å². The number of ether oxygens (including phenoxy) is 2. The third-order valence-electron chi connectivity index (χ3n) is 1.21. The first-order chi connectivity index (χ1) is 6.88. The van der Waals surface area contributed by atoms with Crippen LogP contribution in [0.1, 0.15) is 27.7 Å². The zero-order valence-corrected chi connectivity index (χ0v) is 9.80. The van der Waals surface area contributed by atoms with Gasteiger partial charge in [0.15, 0.2) is 11.5 Å². The van der Waals surface area contributed by atoms with E-state index in [1.165, 1.54) is 0 Å². The Hall–Kier alpha value is -1.18. The van der Waals surface area contributed by atoms with Gasteiger partial charge in [-0.15, -0.1) is 0 Å². The lowest BCUT2D eigenvalue weighted by Crippen LogP contribution is -2.11. The van der Waals surface area contributed by atoms with Gasteiger partial charge in [0.2, 0.25) is 0 Å². The highest BCUT2D eigenvalue weighted by Gasteiger charge is 2.08. The lowest BCUT2D eigenvalue weighted by molar-refractivity contribution is 0.0771. The predicted octanol–water partition coefficient (Wildman–Crippen LogP) is 3.67. The lowest BCUT2D eigenvalue weighted by atomic mass is 10.3. The highest BCUT2D eigenvalue weighted by atomic mass is 16.6. The van der Waals surface area contributed by atoms with E-state index in [1.54, 1.807) is 12.2 Å². The standard InChI is InChI=1S/C8H10O2.2C2H6/c1-3-7-8(4-2)10-6-5-9-7;2*1-2/h3-4H,1-2,5-6H2;2*1-2H3. The fourth-order valence-electron chi connectivity index (χ4n) is 0.765. The Kier molecular flexibility index (Phi) is 12.9. The van der Waals surface area contributed by atoms with Crippen molar-refractivity contribution in [2.24, 2.45) is 0 Å². The number of hydrogen-bond acceptors (Lipinski definition) is 2. The van der Waals surface area contributed by atoms with Crippen LogP contribution in [0, 0.1) is 0 Å². The summed E-state index contributed by atoms with van der Waals surface area (Å²) >= 11 is 0. The molecule has 2 heteroatoms. The van der Waals surface area contributed by atoms with Crippen molar-refractivity contribution in [3.05, 3.63) is 36.8 Å². The Bertz CT molecular complexity index is 161. The molecule has 0 bridgehead atoms. The van der Waals surface area contributed by atoms with E-state index in [1.807, 2.05) is 27.7 Å². The fourth-order valence-corrected chi connectivity index (χ4v) is 0.765. The number of rotatable bonds is 2. The maximum atomic E-state index is 5.20. The molecule has 0 aromatic heterocycles. The van der Waals surface area contributed by atoms with Gasteiger partial charge in [-0.25, -0.2) is 0 Å². The molecular weight excluding hydrogens is 176 g/mol. The molecule has 0 aromatic carbocycles. The van der Waals surface area contributed by atoms with Gasteiger partial charge in [0.05, 0.1) is 0 Å². The van der Waals surface area contributed by atoms with Gasteiger partial charge in [-0.3, -0.25) is 0 Å². The van der Waals surface area contributed by atoms with E-state index < -0.39 is 0 Å². The summed E-state index contributed by atoms with van der Waals surface area (Å²) in [6.07, 6.45) is 3.24. The smallest absolute Gasteiger partial charge is 0.160 e. The van der Waals surface area contributed by atoms with E-state index in [2.05, 4.69) is 13.2 Å². The predicted molar refractivity (Wildman–Crippen MR) is 62.0 cm³/mol. The summed E-state index contributed by atoms with van der Waals surface area (Å²) in [5.41, 5.74) is 0. The molecule has 0 aromatic rings. The van der Waals surface area contributed by atoms with E-state index in [4.69, 9.17) is 9.47 Å². The molecule has 0 aliphatic carbocycles. The van der Waals surface area contributed by atoms with Crippen LogP contribution in [0.25, 0.3) is 0 Å². The summed E-state index contributed by atoms with van der Waals surface area (Å²) in [7, 11) is 0. The van der Waals surface area contributed by atoms with E-state index in [0.717, 1.165) is 0 Å². The minimum atomic E-state index is 0.596. The number of hydrogen-bond donors (Lipinski definition) is 0. The minimum absolute atomic E-state index is 0.596. The van der Waals surface area contributed by atoms with Crippen LogP contribution in [0.3, 0.4) is 0 Å². The average Bonchev–Trinajstić information content (AvgIpc) is 2.34. The zero-order valence-electron chi connectivity index (χ0n) is 9.80. The van der Waals surface area contributed by atoms with Gasteiger partial charge in [0.1, 0.15) is 13.2 Å². The van der Waals surface area contributed by atoms with Gasteiger partial charge < -0.3 is 9.47 Å². The van der Waals surface area contributed by atoms with Gasteiger partial charge in [-0.2, -0.15) is 0 Å². The van der Waals surface area contributed by atoms with Crippen molar-refractivity contribution < 1.29 is 9.47 Å². The van der Waals surface area contributed by atoms with Gasteiger partial charge in [-0.05, 0) is 12.2 Å². The van der Waals surface area contributed by atoms with Gasteiger partial charge in [0.25, 0.3) is 0 Å². The third kappa shape index (κ3) is 5.46. The lowest BCUT2D eigenvalue weighted by Gasteiger charge is -2.17. The quantitative estimate of drug-likeness (QED) is 0.674. The van der Waals surface area contributed by atoms with Crippen LogP contribution in [0.5, 0.6) is 0 Å². The molecule has 82 valence electrons. The second-order valence-electron chi connectivity index (χ2n) is 1.83. The van der Waals surface area contributed by atoms with Gasteiger partial charge in [0, 0.05) is 0 Å². The molecule has 0 spiro atoms. The molecule has 1 aliphatic rings. The summed E-state index contributed by atoms with van der Waals surface area (Å²) in [6, 6.07) is 0. The highest BCUT2D eigenvalue weighted by Crippen LogP contribution is 2.14. The molecule has 0 atom stereocenters. The highest BCUT2D eigenvalue weighted by molar-refractivity contribution is 5.22. The van der Waals surface area contributed by atoms with Crippen LogP contribution in [0.15, 0.2) is 36.8 Å². The van der Waals surface area contributed by atoms with Crippen LogP contribution < -0.4 is 0 Å². The van der Waals surface area contributed by atoms with Crippen molar-refractivity contribution >= 4 is 0 Å². The summed E-state index contributed by atoms with van der Waals surface area (Å²) < 4.78 is 10.4. The molecule has 0 saturated carbocycles. The normalized spacial score (nSPS) is 13.1. The van der Waals surface area contributed by atoms with E-state index in [0.29, 0.717) is 24.7 Å². The van der Waals surface area contributed by atoms with Crippen LogP contribution in [0.2, 0.25) is 0 Å². The Balaban J connectivity index is 0. The molecule has 0 N–H and O–H groups in total. The van der Waals surface area contributed by atoms with Crippen molar-refractivity contribution in [1.82, 2.24) is 0 Å². The number of allylic oxidation sites excluding steroid dienone is 2. The first kappa shape index (κ1) is 15.3. The first-order valence-electron chi connectivity index (χ1n) is 5.13. The van der Waals surface area contributed by atoms with Crippen LogP contribution in [0.4, 0.5) is 0 Å². The minimum Gasteiger partial charge on any atom is -0.486 e. The third-order valence-corrected chi connectivity index (χ3v) is 1.21. The molecule has 1 aliphatic heterocycles. The Morgan fingerprint density at radius 3 is 1.36 bits per heavy atom. The monoisotopic (exact) mass is 198 g/mol. The van der Waals surface area contributed by atoms with Crippen molar-refractivity contribution in [2.75, 3.05) is 13.2 Å². The van der Waals surface area contributed by atoms with E-state index in [-0.39, 0.29) is 0 Å². The fraction of sp³-hybridized carbons (Fsp3) is 0.500. The maximum Gasteiger partial charge on any atom is 0.160 e. The summed E-state index contributed by atoms with van der Waals surface area (Å²) in [5, 5.41) is 0. The molecule has 14 heavy (non-hydrogen) atoms. The van der Waals surface area contributed by atoms with Crippen LogP contribution in [-0.2, 0) is 9.47 Å². The second kappa shape index (κ2) is 11.8. The van der Waals surface area contributed by atoms with Gasteiger partial charge in [-0.1, -0.05) is 40.9 Å². The molecule has 0 radical (unpaired) electrons. The summed E-state index contributed by atoms with van der Waals surface area (Å²) in [5.74, 6) is 1.36. The SMILES string of the molecule is C=CC1=C(C=C)OCCO1.CC.CC. The molecule has 0 fully saturated rings. The Morgan fingerprint density at radius 1 is 0.857 bits per heavy atom. The molecular formula is C12H22O2.